The van der Waals surface area contributed by atoms with Crippen molar-refractivity contribution in [2.75, 3.05) is 37.7 Å². The Kier molecular flexibility index (Phi) is 4.14. The zero-order chi connectivity index (χ0) is 19.6. The van der Waals surface area contributed by atoms with Gasteiger partial charge in [0.05, 0.1) is 11.6 Å². The molecule has 1 aromatic carbocycles. The quantitative estimate of drug-likeness (QED) is 0.748. The number of para-hydroxylation sites is 1. The molecule has 2 fully saturated rings. The van der Waals surface area contributed by atoms with E-state index in [1.165, 1.54) is 41.5 Å². The van der Waals surface area contributed by atoms with Crippen molar-refractivity contribution in [1.82, 2.24) is 14.4 Å². The van der Waals surface area contributed by atoms with Gasteiger partial charge in [-0.15, -0.1) is 0 Å². The van der Waals surface area contributed by atoms with Crippen LogP contribution in [0.2, 0.25) is 0 Å². The minimum absolute atomic E-state index is 0.0906. The van der Waals surface area contributed by atoms with Crippen LogP contribution in [0.3, 0.4) is 0 Å². The van der Waals surface area contributed by atoms with Crippen LogP contribution in [-0.4, -0.2) is 58.0 Å². The zero-order valence-corrected chi connectivity index (χ0v) is 18.0. The summed E-state index contributed by atoms with van der Waals surface area (Å²) in [5.74, 6) is 2.35. The number of benzene rings is 1. The molecule has 29 heavy (non-hydrogen) atoms. The number of nitrogens with zero attached hydrogens (tertiary/aromatic N) is 3. The fourth-order valence-corrected chi connectivity index (χ4v) is 7.27. The Bertz CT molecular complexity index is 1020. The normalized spacial score (nSPS) is 28.9. The van der Waals surface area contributed by atoms with Gasteiger partial charge < -0.3 is 9.47 Å². The Hall–Kier alpha value is -1.72. The van der Waals surface area contributed by atoms with E-state index in [1.807, 2.05) is 11.8 Å². The largest absolute Gasteiger partial charge is 0.336 e. The molecule has 1 aromatic heterocycles. The molecule has 0 spiro atoms. The van der Waals surface area contributed by atoms with Gasteiger partial charge in [-0.25, -0.2) is 0 Å². The van der Waals surface area contributed by atoms with E-state index in [0.717, 1.165) is 49.7 Å². The molecule has 5 heteroatoms. The lowest BCUT2D eigenvalue weighted by atomic mass is 9.66. The summed E-state index contributed by atoms with van der Waals surface area (Å²) in [7, 11) is 0. The minimum Gasteiger partial charge on any atom is -0.336 e. The van der Waals surface area contributed by atoms with Crippen LogP contribution < -0.4 is 0 Å². The molecular weight excluding hydrogens is 378 g/mol. The topological polar surface area (TPSA) is 28.5 Å². The van der Waals surface area contributed by atoms with Crippen LogP contribution in [0.15, 0.2) is 30.3 Å². The van der Waals surface area contributed by atoms with Crippen LogP contribution in [0.4, 0.5) is 0 Å². The number of hydrogen-bond donors (Lipinski definition) is 0. The number of aromatic nitrogens is 1. The van der Waals surface area contributed by atoms with Crippen molar-refractivity contribution in [3.63, 3.8) is 0 Å². The first-order valence-electron chi connectivity index (χ1n) is 11.2. The molecule has 4 aliphatic rings. The van der Waals surface area contributed by atoms with Gasteiger partial charge in [-0.05, 0) is 49.9 Å². The van der Waals surface area contributed by atoms with Crippen LogP contribution in [0, 0.1) is 5.41 Å². The molecule has 2 aromatic rings. The number of hydrogen-bond acceptors (Lipinski definition) is 3. The second kappa shape index (κ2) is 6.64. The van der Waals surface area contributed by atoms with Gasteiger partial charge in [-0.2, -0.15) is 11.8 Å². The van der Waals surface area contributed by atoms with Crippen molar-refractivity contribution in [2.45, 2.75) is 38.6 Å². The van der Waals surface area contributed by atoms with E-state index in [0.29, 0.717) is 6.04 Å². The van der Waals surface area contributed by atoms with E-state index in [9.17, 15) is 4.79 Å². The van der Waals surface area contributed by atoms with Crippen LogP contribution in [-0.2, 0) is 11.2 Å². The lowest BCUT2D eigenvalue weighted by Gasteiger charge is -2.53. The molecule has 0 aliphatic carbocycles. The second-order valence-electron chi connectivity index (χ2n) is 9.03. The number of rotatable bonds is 2. The highest BCUT2D eigenvalue weighted by Crippen LogP contribution is 2.57. The Morgan fingerprint density at radius 1 is 1.17 bits per heavy atom. The zero-order valence-electron chi connectivity index (χ0n) is 17.2. The fraction of sp³-hybridized carbons (Fsp3) is 0.542. The first-order chi connectivity index (χ1) is 14.2. The van der Waals surface area contributed by atoms with Crippen molar-refractivity contribution in [3.05, 3.63) is 41.6 Å². The molecule has 2 saturated heterocycles. The average Bonchev–Trinajstić information content (AvgIpc) is 3.13. The molecule has 1 unspecified atom stereocenters. The smallest absolute Gasteiger partial charge is 0.270 e. The van der Waals surface area contributed by atoms with Crippen molar-refractivity contribution in [2.24, 2.45) is 5.41 Å². The molecule has 0 saturated carbocycles. The van der Waals surface area contributed by atoms with Gasteiger partial charge >= 0.3 is 0 Å². The Labute approximate surface area is 176 Å². The molecule has 4 aliphatic heterocycles. The SMILES string of the molecule is CC[C@@]12C=C(C(=O)N3CCSCC3)n3c4c(c5ccccc53)CCN(CCC1)C42. The van der Waals surface area contributed by atoms with Gasteiger partial charge in [0.15, 0.2) is 0 Å². The fourth-order valence-electron chi connectivity index (χ4n) is 6.36. The maximum Gasteiger partial charge on any atom is 0.270 e. The van der Waals surface area contributed by atoms with Crippen LogP contribution in [0.1, 0.15) is 43.5 Å². The maximum atomic E-state index is 13.8. The van der Waals surface area contributed by atoms with Gasteiger partial charge in [0.1, 0.15) is 5.70 Å². The van der Waals surface area contributed by atoms with Gasteiger partial charge in [-0.1, -0.05) is 25.1 Å². The highest BCUT2D eigenvalue weighted by Gasteiger charge is 2.51. The molecule has 152 valence electrons. The first kappa shape index (κ1) is 18.1. The van der Waals surface area contributed by atoms with Crippen LogP contribution >= 0.6 is 11.8 Å². The van der Waals surface area contributed by atoms with Crippen molar-refractivity contribution in [1.29, 1.82) is 0 Å². The highest BCUT2D eigenvalue weighted by molar-refractivity contribution is 7.99. The van der Waals surface area contributed by atoms with Gasteiger partial charge in [-0.3, -0.25) is 9.69 Å². The Morgan fingerprint density at radius 2 is 2.00 bits per heavy atom. The lowest BCUT2D eigenvalue weighted by Crippen LogP contribution is -2.51. The molecule has 0 radical (unpaired) electrons. The summed E-state index contributed by atoms with van der Waals surface area (Å²) in [5.41, 5.74) is 5.16. The van der Waals surface area contributed by atoms with Crippen molar-refractivity contribution in [3.8, 4) is 0 Å². The summed E-state index contributed by atoms with van der Waals surface area (Å²) in [4.78, 5) is 18.6. The van der Waals surface area contributed by atoms with Crippen LogP contribution in [0.5, 0.6) is 0 Å². The second-order valence-corrected chi connectivity index (χ2v) is 10.3. The molecule has 5 heterocycles. The first-order valence-corrected chi connectivity index (χ1v) is 12.4. The third-order valence-electron chi connectivity index (χ3n) is 7.77. The summed E-state index contributed by atoms with van der Waals surface area (Å²) in [6.07, 6.45) is 7.03. The van der Waals surface area contributed by atoms with Crippen molar-refractivity contribution >= 4 is 34.3 Å². The number of carbonyl (C=O) groups is 1. The predicted molar refractivity (Wildman–Crippen MR) is 120 cm³/mol. The summed E-state index contributed by atoms with van der Waals surface area (Å²) in [6.45, 7) is 6.40. The number of fused-ring (bicyclic) bond motifs is 3. The molecule has 4 nitrogen and oxygen atoms in total. The number of amides is 1. The molecule has 0 N–H and O–H groups in total. The summed E-state index contributed by atoms with van der Waals surface area (Å²) in [6, 6.07) is 9.18. The maximum absolute atomic E-state index is 13.8. The van der Waals surface area contributed by atoms with E-state index in [1.54, 1.807) is 0 Å². The summed E-state index contributed by atoms with van der Waals surface area (Å²) in [5, 5.41) is 1.35. The third-order valence-corrected chi connectivity index (χ3v) is 8.71. The summed E-state index contributed by atoms with van der Waals surface area (Å²) < 4.78 is 2.37. The standard InChI is InChI=1S/C24H29N3OS/c1-2-24-9-5-10-25-11-8-18-17-6-3-4-7-19(17)27(21(18)22(24)25)20(16-24)23(28)26-12-14-29-15-13-26/h3-4,6-7,16,22H,2,5,8-15H2,1H3/t22?,24-/m0/s1. The monoisotopic (exact) mass is 407 g/mol. The van der Waals surface area contributed by atoms with Gasteiger partial charge in [0, 0.05) is 47.6 Å². The van der Waals surface area contributed by atoms with Crippen molar-refractivity contribution < 1.29 is 4.79 Å². The van der Waals surface area contributed by atoms with E-state index in [4.69, 9.17) is 0 Å². The lowest BCUT2D eigenvalue weighted by molar-refractivity contribution is -0.125. The van der Waals surface area contributed by atoms with E-state index in [-0.39, 0.29) is 11.3 Å². The third kappa shape index (κ3) is 2.46. The summed E-state index contributed by atoms with van der Waals surface area (Å²) >= 11 is 1.96. The Morgan fingerprint density at radius 3 is 2.83 bits per heavy atom. The molecular formula is C24H29N3OS. The average molecular weight is 408 g/mol. The van der Waals surface area contributed by atoms with Gasteiger partial charge in [0.2, 0.25) is 0 Å². The van der Waals surface area contributed by atoms with Gasteiger partial charge in [0.25, 0.3) is 5.91 Å². The van der Waals surface area contributed by atoms with E-state index >= 15 is 0 Å². The molecule has 2 atom stereocenters. The molecule has 1 amide bonds. The number of piperidine rings is 1. The molecule has 0 bridgehead atoms. The van der Waals surface area contributed by atoms with Crippen LogP contribution in [0.25, 0.3) is 16.6 Å². The van der Waals surface area contributed by atoms with E-state index in [2.05, 4.69) is 51.6 Å². The predicted octanol–water partition coefficient (Wildman–Crippen LogP) is 4.16. The van der Waals surface area contributed by atoms with E-state index < -0.39 is 0 Å². The minimum atomic E-state index is 0.0906. The highest BCUT2D eigenvalue weighted by atomic mass is 32.2. The number of carbonyl (C=O) groups excluding carboxylic acids is 1. The Balaban J connectivity index is 1.61. The number of thioether (sulfide) groups is 1. The molecule has 6 rings (SSSR count).